The van der Waals surface area contributed by atoms with E-state index in [1.807, 2.05) is 0 Å². The van der Waals surface area contributed by atoms with Gasteiger partial charge in [-0.25, -0.2) is 0 Å². The number of carbonyl (C=O) groups is 3. The summed E-state index contributed by atoms with van der Waals surface area (Å²) in [5.41, 5.74) is 0. The predicted molar refractivity (Wildman–Crippen MR) is 71.6 cm³/mol. The smallest absolute Gasteiger partial charge is 0.308 e. The third kappa shape index (κ3) is 3.37. The van der Waals surface area contributed by atoms with Gasteiger partial charge in [0.2, 0.25) is 11.8 Å². The number of methoxy groups -OCH3 is 1. The van der Waals surface area contributed by atoms with Gasteiger partial charge in [-0.05, 0) is 18.8 Å². The lowest BCUT2D eigenvalue weighted by atomic mass is 10.0. The number of nitrogens with one attached hydrogen (secondary N) is 1. The Bertz CT molecular complexity index is 433. The minimum atomic E-state index is -0.742. The molecule has 0 spiro atoms. The first kappa shape index (κ1) is 14.6. The van der Waals surface area contributed by atoms with Crippen molar-refractivity contribution in [1.29, 1.82) is 0 Å². The van der Waals surface area contributed by atoms with E-state index in [1.165, 1.54) is 12.0 Å². The Morgan fingerprint density at radius 2 is 2.25 bits per heavy atom. The number of carbonyl (C=O) groups excluding carboxylic acids is 3. The van der Waals surface area contributed by atoms with Gasteiger partial charge < -0.3 is 15.0 Å². The number of rotatable bonds is 4. The molecular weight excluding hydrogens is 260 g/mol. The van der Waals surface area contributed by atoms with Gasteiger partial charge in [-0.3, -0.25) is 14.4 Å². The lowest BCUT2D eigenvalue weighted by Crippen LogP contribution is -2.58. The van der Waals surface area contributed by atoms with Crippen molar-refractivity contribution in [2.75, 3.05) is 20.2 Å². The molecule has 6 heteroatoms. The minimum absolute atomic E-state index is 0.0645. The van der Waals surface area contributed by atoms with E-state index < -0.39 is 12.0 Å². The number of ether oxygens (including phenoxy) is 1. The summed E-state index contributed by atoms with van der Waals surface area (Å²) in [6, 6.07) is -0.742. The highest BCUT2D eigenvalue weighted by Gasteiger charge is 2.35. The van der Waals surface area contributed by atoms with E-state index >= 15 is 0 Å². The standard InChI is InChI=1S/C14H20N2O4/c1-20-13(18)9-11-14(19)15-6-7-16(11)12(17)8-10-4-2-3-5-10/h2,4,10-11H,3,5-9H2,1H3,(H,15,19). The first-order valence-electron chi connectivity index (χ1n) is 6.92. The molecule has 1 aliphatic heterocycles. The van der Waals surface area contributed by atoms with Crippen molar-refractivity contribution in [3.05, 3.63) is 12.2 Å². The Morgan fingerprint density at radius 3 is 2.90 bits per heavy atom. The van der Waals surface area contributed by atoms with E-state index in [4.69, 9.17) is 0 Å². The summed E-state index contributed by atoms with van der Waals surface area (Å²) in [4.78, 5) is 37.1. The maximum atomic E-state index is 12.3. The molecule has 2 aliphatic rings. The average molecular weight is 280 g/mol. The van der Waals surface area contributed by atoms with Gasteiger partial charge in [-0.15, -0.1) is 0 Å². The molecular formula is C14H20N2O4. The lowest BCUT2D eigenvalue weighted by molar-refractivity contribution is -0.150. The normalized spacial score (nSPS) is 25.4. The van der Waals surface area contributed by atoms with Crippen molar-refractivity contribution >= 4 is 17.8 Å². The minimum Gasteiger partial charge on any atom is -0.469 e. The first-order chi connectivity index (χ1) is 9.61. The molecule has 0 radical (unpaired) electrons. The van der Waals surface area contributed by atoms with E-state index in [9.17, 15) is 14.4 Å². The molecule has 2 atom stereocenters. The van der Waals surface area contributed by atoms with Crippen LogP contribution in [0.25, 0.3) is 0 Å². The zero-order valence-electron chi connectivity index (χ0n) is 11.6. The molecule has 0 aromatic carbocycles. The van der Waals surface area contributed by atoms with Crippen LogP contribution in [0.3, 0.4) is 0 Å². The highest BCUT2D eigenvalue weighted by molar-refractivity contribution is 5.92. The van der Waals surface area contributed by atoms with Crippen molar-refractivity contribution < 1.29 is 19.1 Å². The van der Waals surface area contributed by atoms with E-state index in [0.29, 0.717) is 19.5 Å². The molecule has 1 heterocycles. The molecule has 1 aliphatic carbocycles. The highest BCUT2D eigenvalue weighted by atomic mass is 16.5. The molecule has 20 heavy (non-hydrogen) atoms. The van der Waals surface area contributed by atoms with Gasteiger partial charge in [0, 0.05) is 19.5 Å². The molecule has 2 unspecified atom stereocenters. The van der Waals surface area contributed by atoms with E-state index in [2.05, 4.69) is 22.2 Å². The third-order valence-corrected chi connectivity index (χ3v) is 3.79. The quantitative estimate of drug-likeness (QED) is 0.591. The van der Waals surface area contributed by atoms with Gasteiger partial charge in [0.25, 0.3) is 0 Å². The fraction of sp³-hybridized carbons (Fsp3) is 0.643. The van der Waals surface area contributed by atoms with Crippen molar-refractivity contribution in [1.82, 2.24) is 10.2 Å². The molecule has 0 saturated carbocycles. The molecule has 2 amide bonds. The summed E-state index contributed by atoms with van der Waals surface area (Å²) in [6.45, 7) is 0.880. The summed E-state index contributed by atoms with van der Waals surface area (Å²) >= 11 is 0. The van der Waals surface area contributed by atoms with Gasteiger partial charge in [-0.1, -0.05) is 12.2 Å². The fourth-order valence-corrected chi connectivity index (χ4v) is 2.66. The monoisotopic (exact) mass is 280 g/mol. The highest BCUT2D eigenvalue weighted by Crippen LogP contribution is 2.22. The number of nitrogens with zero attached hydrogens (tertiary/aromatic N) is 1. The SMILES string of the molecule is COC(=O)CC1C(=O)NCCN1C(=O)CC1C=CCC1. The van der Waals surface area contributed by atoms with Crippen LogP contribution in [-0.4, -0.2) is 48.9 Å². The van der Waals surface area contributed by atoms with Crippen LogP contribution in [0.15, 0.2) is 12.2 Å². The van der Waals surface area contributed by atoms with Gasteiger partial charge in [0.15, 0.2) is 0 Å². The number of piperazine rings is 1. The third-order valence-electron chi connectivity index (χ3n) is 3.79. The van der Waals surface area contributed by atoms with Crippen LogP contribution in [0.4, 0.5) is 0 Å². The second-order valence-electron chi connectivity index (χ2n) is 5.14. The maximum Gasteiger partial charge on any atom is 0.308 e. The van der Waals surface area contributed by atoms with Gasteiger partial charge in [-0.2, -0.15) is 0 Å². The topological polar surface area (TPSA) is 75.7 Å². The molecule has 2 rings (SSSR count). The zero-order valence-corrected chi connectivity index (χ0v) is 11.6. The van der Waals surface area contributed by atoms with Crippen LogP contribution < -0.4 is 5.32 Å². The molecule has 0 aromatic rings. The van der Waals surface area contributed by atoms with Crippen LogP contribution in [0.2, 0.25) is 0 Å². The van der Waals surface area contributed by atoms with Crippen molar-refractivity contribution in [3.63, 3.8) is 0 Å². The summed E-state index contributed by atoms with van der Waals surface area (Å²) in [5.74, 6) is -0.570. The van der Waals surface area contributed by atoms with E-state index in [1.54, 1.807) is 0 Å². The number of allylic oxidation sites excluding steroid dienone is 2. The molecule has 1 fully saturated rings. The average Bonchev–Trinajstić information content (AvgIpc) is 2.93. The second kappa shape index (κ2) is 6.54. The van der Waals surface area contributed by atoms with Gasteiger partial charge in [0.1, 0.15) is 6.04 Å². The van der Waals surface area contributed by atoms with Crippen LogP contribution >= 0.6 is 0 Å². The number of amides is 2. The van der Waals surface area contributed by atoms with Crippen LogP contribution in [-0.2, 0) is 19.1 Å². The van der Waals surface area contributed by atoms with Crippen LogP contribution in [0.5, 0.6) is 0 Å². The Balaban J connectivity index is 2.01. The number of hydrogen-bond donors (Lipinski definition) is 1. The van der Waals surface area contributed by atoms with Crippen molar-refractivity contribution in [3.8, 4) is 0 Å². The Hall–Kier alpha value is -1.85. The summed E-state index contributed by atoms with van der Waals surface area (Å²) < 4.78 is 4.59. The van der Waals surface area contributed by atoms with Crippen molar-refractivity contribution in [2.45, 2.75) is 31.7 Å². The molecule has 0 bridgehead atoms. The zero-order chi connectivity index (χ0) is 14.5. The fourth-order valence-electron chi connectivity index (χ4n) is 2.66. The molecule has 0 aromatic heterocycles. The Labute approximate surface area is 118 Å². The molecule has 1 N–H and O–H groups in total. The molecule has 1 saturated heterocycles. The van der Waals surface area contributed by atoms with Crippen LogP contribution in [0, 0.1) is 5.92 Å². The van der Waals surface area contributed by atoms with E-state index in [-0.39, 0.29) is 24.2 Å². The predicted octanol–water partition coefficient (Wildman–Crippen LogP) is 0.233. The number of hydrogen-bond acceptors (Lipinski definition) is 4. The second-order valence-corrected chi connectivity index (χ2v) is 5.14. The largest absolute Gasteiger partial charge is 0.469 e. The lowest BCUT2D eigenvalue weighted by Gasteiger charge is -2.35. The van der Waals surface area contributed by atoms with Crippen LogP contribution in [0.1, 0.15) is 25.7 Å². The van der Waals surface area contributed by atoms with Gasteiger partial charge in [0.05, 0.1) is 13.5 Å². The summed E-state index contributed by atoms with van der Waals surface area (Å²) in [7, 11) is 1.28. The number of esters is 1. The summed E-state index contributed by atoms with van der Waals surface area (Å²) in [6.07, 6.45) is 6.43. The van der Waals surface area contributed by atoms with Crippen molar-refractivity contribution in [2.24, 2.45) is 5.92 Å². The molecule has 110 valence electrons. The van der Waals surface area contributed by atoms with Gasteiger partial charge >= 0.3 is 5.97 Å². The molecule has 6 nitrogen and oxygen atoms in total. The maximum absolute atomic E-state index is 12.3. The summed E-state index contributed by atoms with van der Waals surface area (Å²) in [5, 5.41) is 2.69. The Kier molecular flexibility index (Phi) is 4.76. The van der Waals surface area contributed by atoms with E-state index in [0.717, 1.165) is 12.8 Å². The Morgan fingerprint density at radius 1 is 1.45 bits per heavy atom. The first-order valence-corrected chi connectivity index (χ1v) is 6.92.